The zero-order valence-electron chi connectivity index (χ0n) is 8.25. The van der Waals surface area contributed by atoms with Gasteiger partial charge in [-0.1, -0.05) is 13.0 Å². The number of carboxylic acids is 1. The van der Waals surface area contributed by atoms with Crippen LogP contribution in [-0.2, 0) is 4.79 Å². The highest BCUT2D eigenvalue weighted by Gasteiger charge is 2.15. The average Bonchev–Trinajstić information content (AvgIpc) is 2.15. The van der Waals surface area contributed by atoms with E-state index < -0.39 is 11.9 Å². The molecular formula is C9H16N2O3. The van der Waals surface area contributed by atoms with Gasteiger partial charge >= 0.3 is 12.0 Å². The third-order valence-electron chi connectivity index (χ3n) is 1.76. The van der Waals surface area contributed by atoms with Gasteiger partial charge in [-0.25, -0.2) is 4.79 Å². The molecule has 0 saturated heterocycles. The van der Waals surface area contributed by atoms with E-state index in [1.165, 1.54) is 0 Å². The molecule has 0 aliphatic heterocycles. The molecule has 0 rings (SSSR count). The van der Waals surface area contributed by atoms with Crippen molar-refractivity contribution in [2.75, 3.05) is 13.1 Å². The Hall–Kier alpha value is -1.52. The predicted octanol–water partition coefficient (Wildman–Crippen LogP) is 0.582. The Morgan fingerprint density at radius 1 is 1.50 bits per heavy atom. The normalized spacial score (nSPS) is 11.5. The van der Waals surface area contributed by atoms with Crippen LogP contribution in [0.15, 0.2) is 12.7 Å². The number of urea groups is 1. The van der Waals surface area contributed by atoms with Gasteiger partial charge in [-0.3, -0.25) is 4.79 Å². The van der Waals surface area contributed by atoms with E-state index in [2.05, 4.69) is 17.2 Å². The number of hydrogen-bond donors (Lipinski definition) is 3. The van der Waals surface area contributed by atoms with Crippen molar-refractivity contribution in [1.82, 2.24) is 10.6 Å². The Morgan fingerprint density at radius 2 is 2.14 bits per heavy atom. The number of nitrogens with one attached hydrogen (secondary N) is 2. The van der Waals surface area contributed by atoms with Crippen molar-refractivity contribution in [3.8, 4) is 0 Å². The van der Waals surface area contributed by atoms with Crippen LogP contribution in [0.4, 0.5) is 4.79 Å². The highest BCUT2D eigenvalue weighted by molar-refractivity contribution is 5.75. The van der Waals surface area contributed by atoms with Crippen LogP contribution < -0.4 is 10.6 Å². The second-order valence-corrected chi connectivity index (χ2v) is 2.82. The van der Waals surface area contributed by atoms with Crippen LogP contribution in [-0.4, -0.2) is 30.2 Å². The summed E-state index contributed by atoms with van der Waals surface area (Å²) in [5.41, 5.74) is 0. The molecule has 3 N–H and O–H groups in total. The Kier molecular flexibility index (Phi) is 6.19. The van der Waals surface area contributed by atoms with Crippen molar-refractivity contribution < 1.29 is 14.7 Å². The van der Waals surface area contributed by atoms with Crippen molar-refractivity contribution in [2.24, 2.45) is 5.92 Å². The predicted molar refractivity (Wildman–Crippen MR) is 53.0 cm³/mol. The molecule has 0 aromatic carbocycles. The van der Waals surface area contributed by atoms with Gasteiger partial charge < -0.3 is 15.7 Å². The molecular weight excluding hydrogens is 184 g/mol. The van der Waals surface area contributed by atoms with Gasteiger partial charge in [0, 0.05) is 13.1 Å². The summed E-state index contributed by atoms with van der Waals surface area (Å²) in [7, 11) is 0. The van der Waals surface area contributed by atoms with E-state index in [4.69, 9.17) is 5.11 Å². The largest absolute Gasteiger partial charge is 0.481 e. The van der Waals surface area contributed by atoms with E-state index in [-0.39, 0.29) is 12.6 Å². The maximum Gasteiger partial charge on any atom is 0.315 e. The second kappa shape index (κ2) is 6.94. The van der Waals surface area contributed by atoms with E-state index in [0.717, 1.165) is 0 Å². The van der Waals surface area contributed by atoms with Gasteiger partial charge in [-0.15, -0.1) is 6.58 Å². The van der Waals surface area contributed by atoms with Crippen LogP contribution in [0.5, 0.6) is 0 Å². The number of carbonyl (C=O) groups is 2. The summed E-state index contributed by atoms with van der Waals surface area (Å²) in [4.78, 5) is 21.6. The summed E-state index contributed by atoms with van der Waals surface area (Å²) in [5.74, 6) is -1.42. The lowest BCUT2D eigenvalue weighted by molar-refractivity contribution is -0.141. The van der Waals surface area contributed by atoms with Gasteiger partial charge in [0.25, 0.3) is 0 Å². The minimum absolute atomic E-state index is 0.148. The van der Waals surface area contributed by atoms with Crippen molar-refractivity contribution in [3.05, 3.63) is 12.7 Å². The third-order valence-corrected chi connectivity index (χ3v) is 1.76. The first-order chi connectivity index (χ1) is 6.61. The molecule has 0 radical (unpaired) electrons. The highest BCUT2D eigenvalue weighted by Crippen LogP contribution is 1.99. The van der Waals surface area contributed by atoms with Gasteiger partial charge in [-0.05, 0) is 6.42 Å². The number of rotatable bonds is 6. The fraction of sp³-hybridized carbons (Fsp3) is 0.556. The molecule has 0 aromatic rings. The summed E-state index contributed by atoms with van der Waals surface area (Å²) in [5, 5.41) is 13.6. The Bertz CT molecular complexity index is 216. The van der Waals surface area contributed by atoms with E-state index >= 15 is 0 Å². The minimum atomic E-state index is -0.892. The second-order valence-electron chi connectivity index (χ2n) is 2.82. The van der Waals surface area contributed by atoms with Gasteiger partial charge in [0.15, 0.2) is 0 Å². The topological polar surface area (TPSA) is 78.4 Å². The molecule has 0 saturated carbocycles. The summed E-state index contributed by atoms with van der Waals surface area (Å²) in [6, 6.07) is -0.371. The lowest BCUT2D eigenvalue weighted by atomic mass is 10.1. The van der Waals surface area contributed by atoms with Gasteiger partial charge in [-0.2, -0.15) is 0 Å². The molecule has 1 unspecified atom stereocenters. The molecule has 0 aliphatic rings. The molecule has 5 nitrogen and oxygen atoms in total. The lowest BCUT2D eigenvalue weighted by Gasteiger charge is -2.10. The smallest absolute Gasteiger partial charge is 0.315 e. The van der Waals surface area contributed by atoms with E-state index in [1.807, 2.05) is 0 Å². The molecule has 0 aromatic heterocycles. The van der Waals surface area contributed by atoms with Crippen LogP contribution >= 0.6 is 0 Å². The summed E-state index contributed by atoms with van der Waals surface area (Å²) < 4.78 is 0. The Balaban J connectivity index is 3.73. The van der Waals surface area contributed by atoms with E-state index in [9.17, 15) is 9.59 Å². The van der Waals surface area contributed by atoms with Crippen molar-refractivity contribution in [2.45, 2.75) is 13.3 Å². The number of carbonyl (C=O) groups excluding carboxylic acids is 1. The van der Waals surface area contributed by atoms with Crippen LogP contribution in [0.1, 0.15) is 13.3 Å². The van der Waals surface area contributed by atoms with Crippen molar-refractivity contribution >= 4 is 12.0 Å². The lowest BCUT2D eigenvalue weighted by Crippen LogP contribution is -2.39. The Morgan fingerprint density at radius 3 is 2.57 bits per heavy atom. The first-order valence-corrected chi connectivity index (χ1v) is 4.47. The maximum atomic E-state index is 11.0. The highest BCUT2D eigenvalue weighted by atomic mass is 16.4. The van der Waals surface area contributed by atoms with Crippen LogP contribution in [0.3, 0.4) is 0 Å². The quantitative estimate of drug-likeness (QED) is 0.549. The molecule has 0 heterocycles. The van der Waals surface area contributed by atoms with Gasteiger partial charge in [0.05, 0.1) is 5.92 Å². The standard InChI is InChI=1S/C9H16N2O3/c1-3-5-10-9(14)11-6-7(4-2)8(12)13/h3,7H,1,4-6H2,2H3,(H,12,13)(H2,10,11,14). The third kappa shape index (κ3) is 5.18. The van der Waals surface area contributed by atoms with Gasteiger partial charge in [0.2, 0.25) is 0 Å². The SMILES string of the molecule is C=CCNC(=O)NCC(CC)C(=O)O. The molecule has 2 amide bonds. The number of amides is 2. The fourth-order valence-corrected chi connectivity index (χ4v) is 0.850. The summed E-state index contributed by atoms with van der Waals surface area (Å²) >= 11 is 0. The molecule has 0 aliphatic carbocycles. The van der Waals surface area contributed by atoms with Gasteiger partial charge in [0.1, 0.15) is 0 Å². The number of hydrogen-bond acceptors (Lipinski definition) is 2. The molecule has 1 atom stereocenters. The van der Waals surface area contributed by atoms with Crippen LogP contribution in [0, 0.1) is 5.92 Å². The molecule has 0 spiro atoms. The van der Waals surface area contributed by atoms with Crippen molar-refractivity contribution in [1.29, 1.82) is 0 Å². The number of carboxylic acid groups (broad SMARTS) is 1. The van der Waals surface area contributed by atoms with E-state index in [0.29, 0.717) is 13.0 Å². The molecule has 0 bridgehead atoms. The first kappa shape index (κ1) is 12.5. The summed E-state index contributed by atoms with van der Waals surface area (Å²) in [6.07, 6.45) is 2.05. The fourth-order valence-electron chi connectivity index (χ4n) is 0.850. The molecule has 5 heteroatoms. The maximum absolute atomic E-state index is 11.0. The van der Waals surface area contributed by atoms with E-state index in [1.54, 1.807) is 13.0 Å². The molecule has 0 fully saturated rings. The molecule has 14 heavy (non-hydrogen) atoms. The number of aliphatic carboxylic acids is 1. The monoisotopic (exact) mass is 200 g/mol. The summed E-state index contributed by atoms with van der Waals surface area (Å²) in [6.45, 7) is 5.72. The average molecular weight is 200 g/mol. The van der Waals surface area contributed by atoms with Crippen LogP contribution in [0.25, 0.3) is 0 Å². The minimum Gasteiger partial charge on any atom is -0.481 e. The zero-order valence-corrected chi connectivity index (χ0v) is 8.25. The zero-order chi connectivity index (χ0) is 11.0. The van der Waals surface area contributed by atoms with Crippen LogP contribution in [0.2, 0.25) is 0 Å². The Labute approximate surface area is 83.2 Å². The molecule has 80 valence electrons. The van der Waals surface area contributed by atoms with Crippen molar-refractivity contribution in [3.63, 3.8) is 0 Å². The first-order valence-electron chi connectivity index (χ1n) is 4.47.